The van der Waals surface area contributed by atoms with E-state index < -0.39 is 18.0 Å². The largest absolute Gasteiger partial charge is 0.504 e. The molecule has 0 saturated carbocycles. The van der Waals surface area contributed by atoms with E-state index in [0.717, 1.165) is 0 Å². The number of phenols is 1. The summed E-state index contributed by atoms with van der Waals surface area (Å²) in [5, 5.41) is 12.8. The lowest BCUT2D eigenvalue weighted by molar-refractivity contribution is -0.148. The summed E-state index contributed by atoms with van der Waals surface area (Å²) in [5.74, 6) is -0.993. The smallest absolute Gasteiger partial charge is 0.331 e. The Hall–Kier alpha value is -2.70. The second-order valence-electron chi connectivity index (χ2n) is 5.46. The average Bonchev–Trinajstić information content (AvgIpc) is 2.63. The van der Waals surface area contributed by atoms with Crippen LogP contribution in [0.4, 0.5) is 5.69 Å². The molecule has 0 spiro atoms. The quantitative estimate of drug-likeness (QED) is 0.548. The van der Waals surface area contributed by atoms with Crippen LogP contribution in [-0.2, 0) is 14.3 Å². The van der Waals surface area contributed by atoms with Crippen LogP contribution in [0, 0.1) is 0 Å². The molecule has 0 radical (unpaired) electrons. The molecule has 0 bridgehead atoms. The van der Waals surface area contributed by atoms with Gasteiger partial charge in [-0.2, -0.15) is 0 Å². The maximum Gasteiger partial charge on any atom is 0.331 e. The number of rotatable bonds is 6. The average molecular weight is 410 g/mol. The number of halogens is 2. The maximum atomic E-state index is 12.1. The van der Waals surface area contributed by atoms with Gasteiger partial charge in [0.05, 0.1) is 17.8 Å². The van der Waals surface area contributed by atoms with Crippen LogP contribution in [0.15, 0.2) is 42.5 Å². The van der Waals surface area contributed by atoms with Gasteiger partial charge in [-0.1, -0.05) is 29.3 Å². The van der Waals surface area contributed by atoms with Crippen molar-refractivity contribution < 1.29 is 24.2 Å². The topological polar surface area (TPSA) is 84.9 Å². The summed E-state index contributed by atoms with van der Waals surface area (Å²) < 4.78 is 10.1. The number of carbonyl (C=O) groups is 2. The highest BCUT2D eigenvalue weighted by Crippen LogP contribution is 2.27. The Balaban J connectivity index is 1.96. The molecule has 2 aromatic rings. The Morgan fingerprint density at radius 3 is 2.63 bits per heavy atom. The number of phenolic OH excluding ortho intramolecular Hbond substituents is 1. The van der Waals surface area contributed by atoms with Crippen molar-refractivity contribution in [2.24, 2.45) is 0 Å². The Morgan fingerprint density at radius 1 is 1.19 bits per heavy atom. The zero-order valence-corrected chi connectivity index (χ0v) is 16.0. The second-order valence-corrected chi connectivity index (χ2v) is 6.30. The molecule has 1 amide bonds. The molecule has 0 aliphatic rings. The molecule has 2 N–H and O–H groups in total. The van der Waals surface area contributed by atoms with Crippen LogP contribution in [0.3, 0.4) is 0 Å². The van der Waals surface area contributed by atoms with Gasteiger partial charge >= 0.3 is 5.97 Å². The summed E-state index contributed by atoms with van der Waals surface area (Å²) in [4.78, 5) is 24.1. The molecule has 0 unspecified atom stereocenters. The van der Waals surface area contributed by atoms with Gasteiger partial charge in [0.15, 0.2) is 17.6 Å². The SMILES string of the molecule is COc1cc(/C=C/C(=O)O[C@H](C)C(=O)Nc2cc(Cl)ccc2Cl)ccc1O. The highest BCUT2D eigenvalue weighted by Gasteiger charge is 2.18. The molecule has 2 rings (SSSR count). The number of esters is 1. The Morgan fingerprint density at radius 2 is 1.93 bits per heavy atom. The molecule has 8 heteroatoms. The lowest BCUT2D eigenvalue weighted by atomic mass is 10.2. The molecular formula is C19H17Cl2NO5. The summed E-state index contributed by atoms with van der Waals surface area (Å²) in [5.41, 5.74) is 0.938. The van der Waals surface area contributed by atoms with Gasteiger partial charge in [0, 0.05) is 11.1 Å². The molecule has 0 heterocycles. The van der Waals surface area contributed by atoms with Crippen LogP contribution >= 0.6 is 23.2 Å². The van der Waals surface area contributed by atoms with E-state index >= 15 is 0 Å². The van der Waals surface area contributed by atoms with Gasteiger partial charge in [-0.3, -0.25) is 4.79 Å². The minimum absolute atomic E-state index is 0.0119. The van der Waals surface area contributed by atoms with Crippen LogP contribution in [0.1, 0.15) is 12.5 Å². The number of anilines is 1. The fraction of sp³-hybridized carbons (Fsp3) is 0.158. The van der Waals surface area contributed by atoms with Crippen LogP contribution < -0.4 is 10.1 Å². The molecule has 6 nitrogen and oxygen atoms in total. The molecule has 0 aliphatic carbocycles. The van der Waals surface area contributed by atoms with E-state index in [1.807, 2.05) is 0 Å². The van der Waals surface area contributed by atoms with Crippen molar-refractivity contribution >= 4 is 46.8 Å². The van der Waals surface area contributed by atoms with E-state index in [2.05, 4.69) is 5.32 Å². The summed E-state index contributed by atoms with van der Waals surface area (Å²) in [6, 6.07) is 9.22. The number of hydrogen-bond donors (Lipinski definition) is 2. The highest BCUT2D eigenvalue weighted by molar-refractivity contribution is 6.35. The van der Waals surface area contributed by atoms with Crippen LogP contribution in [0.25, 0.3) is 6.08 Å². The van der Waals surface area contributed by atoms with Crippen molar-refractivity contribution in [3.63, 3.8) is 0 Å². The molecule has 1 atom stereocenters. The second kappa shape index (κ2) is 9.30. The third kappa shape index (κ3) is 5.91. The van der Waals surface area contributed by atoms with Crippen molar-refractivity contribution in [2.75, 3.05) is 12.4 Å². The van der Waals surface area contributed by atoms with Gasteiger partial charge in [0.25, 0.3) is 5.91 Å². The number of carbonyl (C=O) groups excluding carboxylic acids is 2. The van der Waals surface area contributed by atoms with Crippen LogP contribution in [-0.4, -0.2) is 30.2 Å². The van der Waals surface area contributed by atoms with E-state index in [9.17, 15) is 14.7 Å². The minimum atomic E-state index is -1.05. The first-order valence-electron chi connectivity index (χ1n) is 7.81. The van der Waals surface area contributed by atoms with Crippen LogP contribution in [0.5, 0.6) is 11.5 Å². The minimum Gasteiger partial charge on any atom is -0.504 e. The number of methoxy groups -OCH3 is 1. The number of benzene rings is 2. The van der Waals surface area contributed by atoms with Crippen molar-refractivity contribution in [3.05, 3.63) is 58.1 Å². The third-order valence-electron chi connectivity index (χ3n) is 3.46. The Bertz CT molecular complexity index is 882. The zero-order valence-electron chi connectivity index (χ0n) is 14.5. The third-order valence-corrected chi connectivity index (χ3v) is 4.03. The number of nitrogens with one attached hydrogen (secondary N) is 1. The summed E-state index contributed by atoms with van der Waals surface area (Å²) in [6.07, 6.45) is 1.59. The normalized spacial score (nSPS) is 11.9. The molecule has 0 aromatic heterocycles. The highest BCUT2D eigenvalue weighted by atomic mass is 35.5. The molecule has 27 heavy (non-hydrogen) atoms. The van der Waals surface area contributed by atoms with Gasteiger partial charge in [0.2, 0.25) is 0 Å². The first kappa shape index (κ1) is 20.6. The van der Waals surface area contributed by atoms with Crippen molar-refractivity contribution in [1.82, 2.24) is 0 Å². The van der Waals surface area contributed by atoms with E-state index in [0.29, 0.717) is 21.3 Å². The summed E-state index contributed by atoms with van der Waals surface area (Å²) in [6.45, 7) is 1.43. The molecule has 142 valence electrons. The maximum absolute atomic E-state index is 12.1. The first-order chi connectivity index (χ1) is 12.8. The van der Waals surface area contributed by atoms with Crippen molar-refractivity contribution in [3.8, 4) is 11.5 Å². The molecule has 0 fully saturated rings. The van der Waals surface area contributed by atoms with E-state index in [4.69, 9.17) is 32.7 Å². The first-order valence-corrected chi connectivity index (χ1v) is 8.57. The predicted octanol–water partition coefficient (Wildman–Crippen LogP) is 4.29. The fourth-order valence-electron chi connectivity index (χ4n) is 2.06. The van der Waals surface area contributed by atoms with Gasteiger partial charge in [-0.15, -0.1) is 0 Å². The van der Waals surface area contributed by atoms with Gasteiger partial charge in [-0.05, 0) is 48.9 Å². The number of ether oxygens (including phenoxy) is 2. The van der Waals surface area contributed by atoms with Crippen molar-refractivity contribution in [1.29, 1.82) is 0 Å². The standard InChI is InChI=1S/C19H17Cl2NO5/c1-11(19(25)22-15-10-13(20)5-6-14(15)21)27-18(24)8-4-12-3-7-16(23)17(9-12)26-2/h3-11,23H,1-2H3,(H,22,25)/b8-4+/t11-/m1/s1. The van der Waals surface area contributed by atoms with Gasteiger partial charge in [-0.25, -0.2) is 4.79 Å². The number of hydrogen-bond acceptors (Lipinski definition) is 5. The number of amides is 1. The van der Waals surface area contributed by atoms with E-state index in [1.165, 1.54) is 38.3 Å². The molecule has 0 saturated heterocycles. The predicted molar refractivity (Wildman–Crippen MR) is 104 cm³/mol. The van der Waals surface area contributed by atoms with Gasteiger partial charge < -0.3 is 19.9 Å². The van der Waals surface area contributed by atoms with Crippen LogP contribution in [0.2, 0.25) is 10.0 Å². The van der Waals surface area contributed by atoms with Crippen molar-refractivity contribution in [2.45, 2.75) is 13.0 Å². The van der Waals surface area contributed by atoms with E-state index in [-0.39, 0.29) is 11.5 Å². The Kier molecular flexibility index (Phi) is 7.10. The molecule has 0 aliphatic heterocycles. The summed E-state index contributed by atoms with van der Waals surface area (Å²) in [7, 11) is 1.42. The lowest BCUT2D eigenvalue weighted by Crippen LogP contribution is -2.29. The monoisotopic (exact) mass is 409 g/mol. The summed E-state index contributed by atoms with van der Waals surface area (Å²) >= 11 is 11.8. The lowest BCUT2D eigenvalue weighted by Gasteiger charge is -2.13. The molecular weight excluding hydrogens is 393 g/mol. The van der Waals surface area contributed by atoms with Gasteiger partial charge in [0.1, 0.15) is 0 Å². The zero-order chi connectivity index (χ0) is 20.0. The fourth-order valence-corrected chi connectivity index (χ4v) is 2.39. The van der Waals surface area contributed by atoms with E-state index in [1.54, 1.807) is 24.3 Å². The molecule has 2 aromatic carbocycles. The number of aromatic hydroxyl groups is 1. The Labute approximate surface area is 166 Å².